The lowest BCUT2D eigenvalue weighted by Gasteiger charge is -1.94. The fraction of sp³-hybridized carbons (Fsp3) is 0.286. The summed E-state index contributed by atoms with van der Waals surface area (Å²) in [6.45, 7) is 5.92. The molecule has 1 aliphatic rings. The van der Waals surface area contributed by atoms with Crippen molar-refractivity contribution in [1.29, 1.82) is 0 Å². The van der Waals surface area contributed by atoms with Gasteiger partial charge in [-0.25, -0.2) is 0 Å². The number of furan rings is 1. The second-order valence-corrected chi connectivity index (χ2v) is 3.91. The monoisotopic (exact) mass is 228 g/mol. The average Bonchev–Trinajstić information content (AvgIpc) is 2.52. The van der Waals surface area contributed by atoms with Crippen molar-refractivity contribution in [2.45, 2.75) is 20.8 Å². The Labute approximate surface area is 101 Å². The van der Waals surface area contributed by atoms with E-state index in [0.29, 0.717) is 5.92 Å². The van der Waals surface area contributed by atoms with Crippen molar-refractivity contribution < 1.29 is 4.42 Å². The molecule has 0 fully saturated rings. The summed E-state index contributed by atoms with van der Waals surface area (Å²) in [5.41, 5.74) is 1.62. The summed E-state index contributed by atoms with van der Waals surface area (Å²) in [6.07, 6.45) is 11.5. The standard InChI is InChI=1S/C14H16N2O/c1-4-6-11-13(15-5-2)14-12(17-11)8-7-10(3)9-16-14/h4-10H,1-3H3/b6-4-,15-5?/t10-/m0/s1. The van der Waals surface area contributed by atoms with Crippen LogP contribution in [0.15, 0.2) is 26.6 Å². The van der Waals surface area contributed by atoms with Crippen molar-refractivity contribution in [3.05, 3.63) is 23.7 Å². The second-order valence-electron chi connectivity index (χ2n) is 3.91. The molecule has 0 amide bonds. The number of fused-ring (bicyclic) bond motifs is 1. The number of hydrogen-bond donors (Lipinski definition) is 0. The first-order valence-electron chi connectivity index (χ1n) is 5.76. The van der Waals surface area contributed by atoms with Gasteiger partial charge in [0.15, 0.2) is 11.5 Å². The van der Waals surface area contributed by atoms with Crippen LogP contribution in [0, 0.1) is 5.92 Å². The van der Waals surface area contributed by atoms with Gasteiger partial charge in [-0.15, -0.1) is 0 Å². The van der Waals surface area contributed by atoms with E-state index in [1.54, 1.807) is 6.21 Å². The van der Waals surface area contributed by atoms with Crippen molar-refractivity contribution in [3.8, 4) is 0 Å². The van der Waals surface area contributed by atoms with Crippen LogP contribution in [0.2, 0.25) is 0 Å². The molecule has 2 rings (SSSR count). The molecular formula is C14H16N2O. The van der Waals surface area contributed by atoms with E-state index in [9.17, 15) is 0 Å². The third kappa shape index (κ3) is 2.28. The van der Waals surface area contributed by atoms with Gasteiger partial charge in [0.25, 0.3) is 0 Å². The van der Waals surface area contributed by atoms with Crippen LogP contribution in [0.25, 0.3) is 12.2 Å². The van der Waals surface area contributed by atoms with Crippen LogP contribution < -0.4 is 0 Å². The van der Waals surface area contributed by atoms with Gasteiger partial charge in [-0.05, 0) is 26.0 Å². The van der Waals surface area contributed by atoms with Crippen LogP contribution in [0.3, 0.4) is 0 Å². The molecule has 0 bridgehead atoms. The highest BCUT2D eigenvalue weighted by atomic mass is 16.3. The summed E-state index contributed by atoms with van der Waals surface area (Å²) in [7, 11) is 0. The highest BCUT2D eigenvalue weighted by Crippen LogP contribution is 2.40. The number of hydrogen-bond acceptors (Lipinski definition) is 3. The summed E-state index contributed by atoms with van der Waals surface area (Å²) in [5.74, 6) is 1.85. The number of allylic oxidation sites excluding steroid dienone is 2. The molecule has 0 unspecified atom stereocenters. The van der Waals surface area contributed by atoms with E-state index >= 15 is 0 Å². The van der Waals surface area contributed by atoms with Gasteiger partial charge in [-0.1, -0.05) is 19.1 Å². The predicted octanol–water partition coefficient (Wildman–Crippen LogP) is 4.40. The Morgan fingerprint density at radius 3 is 2.94 bits per heavy atom. The Hall–Kier alpha value is -1.90. The molecule has 17 heavy (non-hydrogen) atoms. The number of aliphatic imine (C=N–C) groups is 2. The molecule has 0 spiro atoms. The third-order valence-corrected chi connectivity index (χ3v) is 2.48. The predicted molar refractivity (Wildman–Crippen MR) is 73.6 cm³/mol. The fourth-order valence-electron chi connectivity index (χ4n) is 1.69. The Bertz CT molecular complexity index is 519. The Balaban J connectivity index is 2.60. The third-order valence-electron chi connectivity index (χ3n) is 2.48. The maximum atomic E-state index is 5.76. The zero-order chi connectivity index (χ0) is 12.3. The van der Waals surface area contributed by atoms with Gasteiger partial charge in [0.05, 0.1) is 0 Å². The molecule has 3 heteroatoms. The second kappa shape index (κ2) is 4.95. The van der Waals surface area contributed by atoms with E-state index in [2.05, 4.69) is 23.0 Å². The fourth-order valence-corrected chi connectivity index (χ4v) is 1.69. The zero-order valence-corrected chi connectivity index (χ0v) is 10.3. The molecule has 0 aromatic carbocycles. The van der Waals surface area contributed by atoms with Crippen LogP contribution in [0.4, 0.5) is 11.4 Å². The lowest BCUT2D eigenvalue weighted by Crippen LogP contribution is -1.86. The van der Waals surface area contributed by atoms with E-state index in [4.69, 9.17) is 4.42 Å². The van der Waals surface area contributed by atoms with Crippen molar-refractivity contribution in [2.75, 3.05) is 0 Å². The van der Waals surface area contributed by atoms with Crippen LogP contribution in [-0.2, 0) is 0 Å². The molecule has 0 aliphatic carbocycles. The smallest absolute Gasteiger partial charge is 0.155 e. The largest absolute Gasteiger partial charge is 0.453 e. The van der Waals surface area contributed by atoms with Crippen molar-refractivity contribution >= 4 is 36.0 Å². The number of nitrogens with zero attached hydrogens (tertiary/aromatic N) is 2. The molecule has 3 nitrogen and oxygen atoms in total. The van der Waals surface area contributed by atoms with Crippen molar-refractivity contribution in [1.82, 2.24) is 0 Å². The van der Waals surface area contributed by atoms with Gasteiger partial charge < -0.3 is 4.42 Å². The lowest BCUT2D eigenvalue weighted by molar-refractivity contribution is 0.548. The SMILES string of the molecule is CC=Nc1c(/C=C\C)oc2c1N=C[C@@H](C)C=C2. The summed E-state index contributed by atoms with van der Waals surface area (Å²) < 4.78 is 5.76. The molecule has 0 radical (unpaired) electrons. The van der Waals surface area contributed by atoms with Gasteiger partial charge in [0.2, 0.25) is 0 Å². The summed E-state index contributed by atoms with van der Waals surface area (Å²) in [6, 6.07) is 0. The van der Waals surface area contributed by atoms with Gasteiger partial charge in [0.1, 0.15) is 11.4 Å². The van der Waals surface area contributed by atoms with Gasteiger partial charge in [-0.3, -0.25) is 9.98 Å². The highest BCUT2D eigenvalue weighted by molar-refractivity contribution is 5.86. The molecule has 0 N–H and O–H groups in total. The van der Waals surface area contributed by atoms with E-state index in [-0.39, 0.29) is 0 Å². The average molecular weight is 228 g/mol. The molecule has 1 aliphatic heterocycles. The van der Waals surface area contributed by atoms with Crippen LogP contribution in [0.1, 0.15) is 32.3 Å². The van der Waals surface area contributed by atoms with E-state index < -0.39 is 0 Å². The first kappa shape index (κ1) is 11.6. The Morgan fingerprint density at radius 1 is 1.41 bits per heavy atom. The summed E-state index contributed by atoms with van der Waals surface area (Å²) >= 11 is 0. The van der Waals surface area contributed by atoms with E-state index in [1.165, 1.54) is 0 Å². The molecule has 0 saturated carbocycles. The van der Waals surface area contributed by atoms with Crippen LogP contribution in [-0.4, -0.2) is 12.4 Å². The maximum Gasteiger partial charge on any atom is 0.155 e. The molecule has 88 valence electrons. The minimum Gasteiger partial charge on any atom is -0.453 e. The maximum absolute atomic E-state index is 5.76. The van der Waals surface area contributed by atoms with Crippen LogP contribution in [0.5, 0.6) is 0 Å². The quantitative estimate of drug-likeness (QED) is 0.691. The van der Waals surface area contributed by atoms with Gasteiger partial charge >= 0.3 is 0 Å². The highest BCUT2D eigenvalue weighted by Gasteiger charge is 2.17. The van der Waals surface area contributed by atoms with Gasteiger partial charge in [0, 0.05) is 18.3 Å². The lowest BCUT2D eigenvalue weighted by atomic mass is 10.2. The molecule has 1 atom stereocenters. The van der Waals surface area contributed by atoms with Crippen LogP contribution >= 0.6 is 0 Å². The van der Waals surface area contributed by atoms with E-state index in [1.807, 2.05) is 38.3 Å². The van der Waals surface area contributed by atoms with Gasteiger partial charge in [-0.2, -0.15) is 0 Å². The van der Waals surface area contributed by atoms with Crippen molar-refractivity contribution in [3.63, 3.8) is 0 Å². The molecular weight excluding hydrogens is 212 g/mol. The molecule has 1 aromatic rings. The zero-order valence-electron chi connectivity index (χ0n) is 10.3. The minimum atomic E-state index is 0.321. The minimum absolute atomic E-state index is 0.321. The Morgan fingerprint density at radius 2 is 2.24 bits per heavy atom. The topological polar surface area (TPSA) is 37.9 Å². The first-order chi connectivity index (χ1) is 8.26. The molecule has 2 heterocycles. The Kier molecular flexibility index (Phi) is 3.38. The summed E-state index contributed by atoms with van der Waals surface area (Å²) in [5, 5.41) is 0. The normalized spacial score (nSPS) is 19.1. The molecule has 1 aromatic heterocycles. The molecule has 0 saturated heterocycles. The van der Waals surface area contributed by atoms with Crippen molar-refractivity contribution in [2.24, 2.45) is 15.9 Å². The summed E-state index contributed by atoms with van der Waals surface area (Å²) in [4.78, 5) is 8.81. The van der Waals surface area contributed by atoms with E-state index in [0.717, 1.165) is 22.9 Å². The first-order valence-corrected chi connectivity index (χ1v) is 5.76. The number of rotatable bonds is 2.